The Balaban J connectivity index is 1.73. The molecule has 0 radical (unpaired) electrons. The molecular formula is C25H19FN2O4. The summed E-state index contributed by atoms with van der Waals surface area (Å²) in [5.74, 6) is -1.27. The largest absolute Gasteiger partial charge is 0.493 e. The molecule has 6 nitrogen and oxygen atoms in total. The van der Waals surface area contributed by atoms with Crippen LogP contribution < -0.4 is 14.8 Å². The molecule has 0 unspecified atom stereocenters. The number of hydrogen-bond donors (Lipinski definition) is 1. The predicted octanol–water partition coefficient (Wildman–Crippen LogP) is 4.28. The fourth-order valence-corrected chi connectivity index (χ4v) is 2.79. The number of amides is 1. The number of methoxy groups -OCH3 is 1. The molecule has 160 valence electrons. The van der Waals surface area contributed by atoms with Gasteiger partial charge in [-0.25, -0.2) is 9.18 Å². The van der Waals surface area contributed by atoms with Crippen LogP contribution in [0, 0.1) is 17.1 Å². The van der Waals surface area contributed by atoms with Gasteiger partial charge in [0, 0.05) is 6.54 Å². The summed E-state index contributed by atoms with van der Waals surface area (Å²) in [4.78, 5) is 24.6. The first kappa shape index (κ1) is 22.2. The lowest BCUT2D eigenvalue weighted by Crippen LogP contribution is -2.23. The Morgan fingerprint density at radius 2 is 1.75 bits per heavy atom. The van der Waals surface area contributed by atoms with E-state index in [4.69, 9.17) is 9.47 Å². The Hall–Kier alpha value is -4.44. The third kappa shape index (κ3) is 5.80. The van der Waals surface area contributed by atoms with Gasteiger partial charge < -0.3 is 14.8 Å². The molecule has 0 saturated heterocycles. The first-order valence-electron chi connectivity index (χ1n) is 9.60. The monoisotopic (exact) mass is 430 g/mol. The summed E-state index contributed by atoms with van der Waals surface area (Å²) in [6, 6.07) is 20.8. The first-order valence-corrected chi connectivity index (χ1v) is 9.60. The second-order valence-corrected chi connectivity index (χ2v) is 6.64. The van der Waals surface area contributed by atoms with Crippen molar-refractivity contribution in [3.63, 3.8) is 0 Å². The van der Waals surface area contributed by atoms with Gasteiger partial charge in [0.05, 0.1) is 12.7 Å². The van der Waals surface area contributed by atoms with Gasteiger partial charge in [-0.2, -0.15) is 5.26 Å². The quantitative estimate of drug-likeness (QED) is 0.262. The van der Waals surface area contributed by atoms with Gasteiger partial charge in [-0.3, -0.25) is 4.79 Å². The van der Waals surface area contributed by atoms with Gasteiger partial charge >= 0.3 is 5.97 Å². The standard InChI is InChI=1S/C25H19FN2O4/c1-31-23-14-18(7-12-22(23)32-25(30)19-8-10-21(26)11-9-19)13-20(15-27)24(29)28-16-17-5-3-2-4-6-17/h2-14H,16H2,1H3,(H,28,29). The van der Waals surface area contributed by atoms with Crippen molar-refractivity contribution in [1.29, 1.82) is 5.26 Å². The Labute approximate surface area is 184 Å². The SMILES string of the molecule is COc1cc(C=C(C#N)C(=O)NCc2ccccc2)ccc1OC(=O)c1ccc(F)cc1. The number of ether oxygens (including phenoxy) is 2. The number of halogens is 1. The van der Waals surface area contributed by atoms with E-state index in [0.717, 1.165) is 17.7 Å². The topological polar surface area (TPSA) is 88.4 Å². The second-order valence-electron chi connectivity index (χ2n) is 6.64. The van der Waals surface area contributed by atoms with Crippen LogP contribution in [0.2, 0.25) is 0 Å². The number of carbonyl (C=O) groups is 2. The zero-order chi connectivity index (χ0) is 22.9. The van der Waals surface area contributed by atoms with Crippen LogP contribution in [0.5, 0.6) is 11.5 Å². The fourth-order valence-electron chi connectivity index (χ4n) is 2.79. The molecule has 3 rings (SSSR count). The molecule has 0 saturated carbocycles. The lowest BCUT2D eigenvalue weighted by atomic mass is 10.1. The van der Waals surface area contributed by atoms with E-state index in [9.17, 15) is 19.2 Å². The molecule has 0 heterocycles. The van der Waals surface area contributed by atoms with E-state index in [2.05, 4.69) is 5.32 Å². The maximum atomic E-state index is 13.0. The summed E-state index contributed by atoms with van der Waals surface area (Å²) in [6.07, 6.45) is 1.41. The van der Waals surface area contributed by atoms with Crippen molar-refractivity contribution in [3.8, 4) is 17.6 Å². The van der Waals surface area contributed by atoms with Crippen molar-refractivity contribution in [2.45, 2.75) is 6.54 Å². The van der Waals surface area contributed by atoms with Gasteiger partial charge in [-0.05, 0) is 53.6 Å². The molecule has 0 spiro atoms. The van der Waals surface area contributed by atoms with E-state index in [-0.39, 0.29) is 22.6 Å². The van der Waals surface area contributed by atoms with Crippen LogP contribution in [0.4, 0.5) is 4.39 Å². The van der Waals surface area contributed by atoms with Crippen molar-refractivity contribution in [2.24, 2.45) is 0 Å². The molecule has 32 heavy (non-hydrogen) atoms. The van der Waals surface area contributed by atoms with Crippen LogP contribution in [0.25, 0.3) is 6.08 Å². The molecule has 0 fully saturated rings. The maximum Gasteiger partial charge on any atom is 0.343 e. The van der Waals surface area contributed by atoms with Gasteiger partial charge in [0.2, 0.25) is 0 Å². The smallest absolute Gasteiger partial charge is 0.343 e. The number of nitrogens with zero attached hydrogens (tertiary/aromatic N) is 1. The molecule has 0 aliphatic rings. The molecule has 7 heteroatoms. The lowest BCUT2D eigenvalue weighted by Gasteiger charge is -2.10. The van der Waals surface area contributed by atoms with Crippen molar-refractivity contribution < 1.29 is 23.5 Å². The molecule has 0 aromatic heterocycles. The third-order valence-electron chi connectivity index (χ3n) is 4.44. The van der Waals surface area contributed by atoms with Gasteiger partial charge in [-0.15, -0.1) is 0 Å². The highest BCUT2D eigenvalue weighted by atomic mass is 19.1. The highest BCUT2D eigenvalue weighted by Crippen LogP contribution is 2.29. The molecule has 0 aliphatic carbocycles. The van der Waals surface area contributed by atoms with Crippen molar-refractivity contribution in [1.82, 2.24) is 5.32 Å². The van der Waals surface area contributed by atoms with Crippen LogP contribution in [0.15, 0.2) is 78.4 Å². The van der Waals surface area contributed by atoms with Gasteiger partial charge in [0.15, 0.2) is 11.5 Å². The summed E-state index contributed by atoms with van der Waals surface area (Å²) in [6.45, 7) is 0.292. The number of hydrogen-bond acceptors (Lipinski definition) is 5. The molecule has 1 amide bonds. The predicted molar refractivity (Wildman–Crippen MR) is 116 cm³/mol. The average molecular weight is 430 g/mol. The second kappa shape index (κ2) is 10.5. The van der Waals surface area contributed by atoms with E-state index >= 15 is 0 Å². The average Bonchev–Trinajstić information content (AvgIpc) is 2.82. The number of nitrogens with one attached hydrogen (secondary N) is 1. The molecular weight excluding hydrogens is 411 g/mol. The Morgan fingerprint density at radius 1 is 1.03 bits per heavy atom. The molecule has 3 aromatic rings. The maximum absolute atomic E-state index is 13.0. The Bertz CT molecular complexity index is 1180. The van der Waals surface area contributed by atoms with Crippen molar-refractivity contribution in [3.05, 3.63) is 101 Å². The molecule has 3 aromatic carbocycles. The zero-order valence-corrected chi connectivity index (χ0v) is 17.2. The van der Waals surface area contributed by atoms with Gasteiger partial charge in [0.25, 0.3) is 5.91 Å². The van der Waals surface area contributed by atoms with Crippen LogP contribution in [0.1, 0.15) is 21.5 Å². The van der Waals surface area contributed by atoms with E-state index in [1.807, 2.05) is 36.4 Å². The number of carbonyl (C=O) groups excluding carboxylic acids is 2. The summed E-state index contributed by atoms with van der Waals surface area (Å²) < 4.78 is 23.6. The summed E-state index contributed by atoms with van der Waals surface area (Å²) in [5.41, 5.74) is 1.51. The van der Waals surface area contributed by atoms with Gasteiger partial charge in [0.1, 0.15) is 17.5 Å². The third-order valence-corrected chi connectivity index (χ3v) is 4.44. The number of benzene rings is 3. The minimum atomic E-state index is -0.676. The zero-order valence-electron chi connectivity index (χ0n) is 17.2. The van der Waals surface area contributed by atoms with Crippen molar-refractivity contribution >= 4 is 18.0 Å². The first-order chi connectivity index (χ1) is 15.5. The number of rotatable bonds is 7. The number of esters is 1. The van der Waals surface area contributed by atoms with E-state index < -0.39 is 17.7 Å². The Kier molecular flexibility index (Phi) is 7.33. The summed E-state index contributed by atoms with van der Waals surface area (Å²) >= 11 is 0. The van der Waals surface area contributed by atoms with Crippen LogP contribution in [-0.2, 0) is 11.3 Å². The lowest BCUT2D eigenvalue weighted by molar-refractivity contribution is -0.117. The normalized spacial score (nSPS) is 10.7. The summed E-state index contributed by atoms with van der Waals surface area (Å²) in [7, 11) is 1.40. The highest BCUT2D eigenvalue weighted by Gasteiger charge is 2.14. The fraction of sp³-hybridized carbons (Fsp3) is 0.0800. The van der Waals surface area contributed by atoms with E-state index in [1.54, 1.807) is 6.07 Å². The highest BCUT2D eigenvalue weighted by molar-refractivity contribution is 6.01. The molecule has 0 bridgehead atoms. The number of nitriles is 1. The van der Waals surface area contributed by atoms with Crippen LogP contribution in [0.3, 0.4) is 0 Å². The molecule has 1 N–H and O–H groups in total. The van der Waals surface area contributed by atoms with Gasteiger partial charge in [-0.1, -0.05) is 36.4 Å². The molecule has 0 atom stereocenters. The van der Waals surface area contributed by atoms with E-state index in [1.165, 1.54) is 37.5 Å². The van der Waals surface area contributed by atoms with E-state index in [0.29, 0.717) is 12.1 Å². The molecule has 0 aliphatic heterocycles. The minimum Gasteiger partial charge on any atom is -0.493 e. The summed E-state index contributed by atoms with van der Waals surface area (Å²) in [5, 5.41) is 12.1. The van der Waals surface area contributed by atoms with Crippen LogP contribution in [-0.4, -0.2) is 19.0 Å². The Morgan fingerprint density at radius 3 is 2.41 bits per heavy atom. The van der Waals surface area contributed by atoms with Crippen molar-refractivity contribution in [2.75, 3.05) is 7.11 Å². The minimum absolute atomic E-state index is 0.0842. The van der Waals surface area contributed by atoms with Crippen LogP contribution >= 0.6 is 0 Å².